The lowest BCUT2D eigenvalue weighted by Gasteiger charge is -2.34. The van der Waals surface area contributed by atoms with Crippen LogP contribution in [0.4, 0.5) is 8.78 Å². The van der Waals surface area contributed by atoms with E-state index in [4.69, 9.17) is 0 Å². The first-order valence-electron chi connectivity index (χ1n) is 6.44. The first-order valence-corrected chi connectivity index (χ1v) is 6.44. The average Bonchev–Trinajstić information content (AvgIpc) is 2.37. The summed E-state index contributed by atoms with van der Waals surface area (Å²) >= 11 is 0. The number of amides is 1. The van der Waals surface area contributed by atoms with Crippen LogP contribution in [0.2, 0.25) is 0 Å². The Hall–Kier alpha value is -1.49. The van der Waals surface area contributed by atoms with Gasteiger partial charge in [-0.25, -0.2) is 8.78 Å². The molecular weight excluding hydrogens is 250 g/mol. The van der Waals surface area contributed by atoms with E-state index in [1.54, 1.807) is 0 Å². The van der Waals surface area contributed by atoms with Gasteiger partial charge in [0.25, 0.3) is 5.91 Å². The molecule has 0 spiro atoms. The molecule has 0 saturated carbocycles. The summed E-state index contributed by atoms with van der Waals surface area (Å²) in [5, 5.41) is 6.00. The van der Waals surface area contributed by atoms with Crippen molar-refractivity contribution in [3.63, 3.8) is 0 Å². The van der Waals surface area contributed by atoms with Gasteiger partial charge in [0.2, 0.25) is 0 Å². The van der Waals surface area contributed by atoms with Crippen molar-refractivity contribution in [1.82, 2.24) is 10.6 Å². The summed E-state index contributed by atoms with van der Waals surface area (Å²) in [6.07, 6.45) is 1.94. The molecule has 0 radical (unpaired) electrons. The highest BCUT2D eigenvalue weighted by atomic mass is 19.1. The third kappa shape index (κ3) is 3.50. The first kappa shape index (κ1) is 13.9. The summed E-state index contributed by atoms with van der Waals surface area (Å²) in [6, 6.07) is 2.98. The van der Waals surface area contributed by atoms with E-state index in [0.29, 0.717) is 6.54 Å². The maximum absolute atomic E-state index is 13.5. The molecule has 5 heteroatoms. The smallest absolute Gasteiger partial charge is 0.254 e. The lowest BCUT2D eigenvalue weighted by Crippen LogP contribution is -2.43. The summed E-state index contributed by atoms with van der Waals surface area (Å²) in [4.78, 5) is 11.9. The molecule has 0 atom stereocenters. The van der Waals surface area contributed by atoms with Crippen molar-refractivity contribution in [3.8, 4) is 0 Å². The van der Waals surface area contributed by atoms with Crippen LogP contribution >= 0.6 is 0 Å². The number of nitrogens with one attached hydrogen (secondary N) is 2. The molecule has 1 fully saturated rings. The summed E-state index contributed by atoms with van der Waals surface area (Å²) in [7, 11) is 0. The molecule has 1 aliphatic heterocycles. The van der Waals surface area contributed by atoms with E-state index in [2.05, 4.69) is 17.6 Å². The van der Waals surface area contributed by atoms with E-state index in [9.17, 15) is 13.6 Å². The number of hydrogen-bond donors (Lipinski definition) is 2. The number of benzene rings is 1. The van der Waals surface area contributed by atoms with Crippen molar-refractivity contribution >= 4 is 5.91 Å². The Morgan fingerprint density at radius 3 is 2.68 bits per heavy atom. The van der Waals surface area contributed by atoms with Gasteiger partial charge in [0.15, 0.2) is 0 Å². The van der Waals surface area contributed by atoms with Crippen LogP contribution in [-0.4, -0.2) is 25.5 Å². The van der Waals surface area contributed by atoms with Crippen LogP contribution < -0.4 is 10.6 Å². The molecule has 1 aliphatic rings. The third-order valence-corrected chi connectivity index (χ3v) is 3.66. The Labute approximate surface area is 111 Å². The summed E-state index contributed by atoms with van der Waals surface area (Å²) in [5.41, 5.74) is -0.0730. The van der Waals surface area contributed by atoms with Gasteiger partial charge >= 0.3 is 0 Å². The van der Waals surface area contributed by atoms with Gasteiger partial charge in [-0.15, -0.1) is 0 Å². The van der Waals surface area contributed by atoms with E-state index in [0.717, 1.165) is 38.1 Å². The largest absolute Gasteiger partial charge is 0.351 e. The molecule has 1 aromatic rings. The number of carbonyl (C=O) groups excluding carboxylic acids is 1. The molecule has 1 heterocycles. The van der Waals surface area contributed by atoms with E-state index >= 15 is 0 Å². The molecular formula is C14H18F2N2O. The minimum absolute atomic E-state index is 0.0391. The fourth-order valence-electron chi connectivity index (χ4n) is 2.27. The normalized spacial score (nSPS) is 18.1. The van der Waals surface area contributed by atoms with Gasteiger partial charge in [0.05, 0.1) is 5.56 Å². The standard InChI is InChI=1S/C14H18F2N2O/c1-14(4-6-17-7-5-14)9-18-13(19)11-3-2-10(15)8-12(11)16/h2-3,8,17H,4-7,9H2,1H3,(H,18,19). The van der Waals surface area contributed by atoms with Crippen LogP contribution in [0.3, 0.4) is 0 Å². The molecule has 0 aliphatic carbocycles. The van der Waals surface area contributed by atoms with Crippen LogP contribution in [0.5, 0.6) is 0 Å². The third-order valence-electron chi connectivity index (χ3n) is 3.66. The van der Waals surface area contributed by atoms with Crippen molar-refractivity contribution in [2.75, 3.05) is 19.6 Å². The molecule has 1 saturated heterocycles. The zero-order valence-electron chi connectivity index (χ0n) is 10.9. The quantitative estimate of drug-likeness (QED) is 0.881. The molecule has 3 nitrogen and oxygen atoms in total. The lowest BCUT2D eigenvalue weighted by molar-refractivity contribution is 0.0918. The Bertz CT molecular complexity index is 471. The first-order chi connectivity index (χ1) is 9.00. The van der Waals surface area contributed by atoms with E-state index in [1.807, 2.05) is 0 Å². The average molecular weight is 268 g/mol. The van der Waals surface area contributed by atoms with Gasteiger partial charge in [0.1, 0.15) is 11.6 Å². The summed E-state index contributed by atoms with van der Waals surface area (Å²) in [5.74, 6) is -2.00. The number of carbonyl (C=O) groups is 1. The molecule has 2 N–H and O–H groups in total. The van der Waals surface area contributed by atoms with Gasteiger partial charge < -0.3 is 10.6 Å². The molecule has 1 amide bonds. The summed E-state index contributed by atoms with van der Waals surface area (Å²) < 4.78 is 26.2. The molecule has 0 unspecified atom stereocenters. The molecule has 0 aromatic heterocycles. The lowest BCUT2D eigenvalue weighted by atomic mass is 9.81. The van der Waals surface area contributed by atoms with Gasteiger partial charge in [0, 0.05) is 12.6 Å². The van der Waals surface area contributed by atoms with Crippen molar-refractivity contribution in [1.29, 1.82) is 0 Å². The van der Waals surface area contributed by atoms with Gasteiger partial charge in [-0.05, 0) is 43.5 Å². The fraction of sp³-hybridized carbons (Fsp3) is 0.500. The predicted octanol–water partition coefficient (Wildman–Crippen LogP) is 2.08. The second kappa shape index (κ2) is 5.65. The van der Waals surface area contributed by atoms with Crippen LogP contribution in [0.25, 0.3) is 0 Å². The Kier molecular flexibility index (Phi) is 4.14. The Morgan fingerprint density at radius 1 is 1.37 bits per heavy atom. The van der Waals surface area contributed by atoms with Crippen LogP contribution in [0.1, 0.15) is 30.1 Å². The van der Waals surface area contributed by atoms with Crippen LogP contribution in [-0.2, 0) is 0 Å². The van der Waals surface area contributed by atoms with Crippen molar-refractivity contribution in [2.24, 2.45) is 5.41 Å². The molecule has 1 aromatic carbocycles. The SMILES string of the molecule is CC1(CNC(=O)c2ccc(F)cc2F)CCNCC1. The zero-order valence-corrected chi connectivity index (χ0v) is 10.9. The Morgan fingerprint density at radius 2 is 2.05 bits per heavy atom. The number of rotatable bonds is 3. The van der Waals surface area contributed by atoms with E-state index in [-0.39, 0.29) is 11.0 Å². The number of hydrogen-bond acceptors (Lipinski definition) is 2. The van der Waals surface area contributed by atoms with Gasteiger partial charge in [-0.1, -0.05) is 6.92 Å². The molecule has 2 rings (SSSR count). The maximum Gasteiger partial charge on any atom is 0.254 e. The Balaban J connectivity index is 1.97. The van der Waals surface area contributed by atoms with E-state index in [1.165, 1.54) is 6.07 Å². The highest BCUT2D eigenvalue weighted by Crippen LogP contribution is 2.26. The highest BCUT2D eigenvalue weighted by Gasteiger charge is 2.27. The van der Waals surface area contributed by atoms with Crippen LogP contribution in [0, 0.1) is 17.0 Å². The minimum Gasteiger partial charge on any atom is -0.351 e. The molecule has 104 valence electrons. The highest BCUT2D eigenvalue weighted by molar-refractivity contribution is 5.94. The molecule has 0 bridgehead atoms. The van der Waals surface area contributed by atoms with Gasteiger partial charge in [-0.3, -0.25) is 4.79 Å². The van der Waals surface area contributed by atoms with E-state index < -0.39 is 17.5 Å². The van der Waals surface area contributed by atoms with Crippen molar-refractivity contribution in [2.45, 2.75) is 19.8 Å². The van der Waals surface area contributed by atoms with Crippen molar-refractivity contribution < 1.29 is 13.6 Å². The summed E-state index contributed by atoms with van der Waals surface area (Å²) in [6.45, 7) is 4.47. The van der Waals surface area contributed by atoms with Gasteiger partial charge in [-0.2, -0.15) is 0 Å². The van der Waals surface area contributed by atoms with Crippen LogP contribution in [0.15, 0.2) is 18.2 Å². The maximum atomic E-state index is 13.5. The molecule has 19 heavy (non-hydrogen) atoms. The number of piperidine rings is 1. The second-order valence-corrected chi connectivity index (χ2v) is 5.37. The zero-order chi connectivity index (χ0) is 13.9. The monoisotopic (exact) mass is 268 g/mol. The topological polar surface area (TPSA) is 41.1 Å². The fourth-order valence-corrected chi connectivity index (χ4v) is 2.27. The number of halogens is 2. The second-order valence-electron chi connectivity index (χ2n) is 5.37. The minimum atomic E-state index is -0.826. The van der Waals surface area contributed by atoms with Crippen molar-refractivity contribution in [3.05, 3.63) is 35.4 Å². The predicted molar refractivity (Wildman–Crippen MR) is 68.9 cm³/mol.